The van der Waals surface area contributed by atoms with E-state index >= 15 is 0 Å². The standard InChI is InChI=1S/C19H27NO5/c1-3-10-25-17-11-13(8-9-16(17)24-2)12-20-18(21)14-6-4-5-7-15(14)19(22)23/h8-9,11,14-15H,3-7,10,12H2,1-2H3,(H,20,21)(H,22,23). The number of methoxy groups -OCH3 is 1. The molecule has 1 aliphatic rings. The van der Waals surface area contributed by atoms with Crippen LogP contribution in [0.2, 0.25) is 0 Å². The molecule has 0 saturated heterocycles. The van der Waals surface area contributed by atoms with Gasteiger partial charge in [0, 0.05) is 6.54 Å². The number of benzene rings is 1. The summed E-state index contributed by atoms with van der Waals surface area (Å²) in [5.74, 6) is -0.772. The summed E-state index contributed by atoms with van der Waals surface area (Å²) in [6, 6.07) is 5.53. The van der Waals surface area contributed by atoms with Gasteiger partial charge in [0.05, 0.1) is 25.6 Å². The van der Waals surface area contributed by atoms with Crippen LogP contribution in [-0.2, 0) is 16.1 Å². The first-order chi connectivity index (χ1) is 12.1. The van der Waals surface area contributed by atoms with E-state index in [4.69, 9.17) is 9.47 Å². The number of carbonyl (C=O) groups excluding carboxylic acids is 1. The number of hydrogen-bond donors (Lipinski definition) is 2. The fourth-order valence-corrected chi connectivity index (χ4v) is 3.22. The van der Waals surface area contributed by atoms with Crippen molar-refractivity contribution in [2.75, 3.05) is 13.7 Å². The largest absolute Gasteiger partial charge is 0.493 e. The molecule has 1 aliphatic carbocycles. The van der Waals surface area contributed by atoms with Crippen LogP contribution in [0.1, 0.15) is 44.6 Å². The third kappa shape index (κ3) is 5.11. The van der Waals surface area contributed by atoms with Gasteiger partial charge in [-0.15, -0.1) is 0 Å². The van der Waals surface area contributed by atoms with Crippen molar-refractivity contribution in [3.63, 3.8) is 0 Å². The molecule has 2 N–H and O–H groups in total. The number of amides is 1. The molecule has 25 heavy (non-hydrogen) atoms. The number of aliphatic carboxylic acids is 1. The van der Waals surface area contributed by atoms with Crippen LogP contribution in [0.25, 0.3) is 0 Å². The maximum atomic E-state index is 12.4. The van der Waals surface area contributed by atoms with Gasteiger partial charge in [0.15, 0.2) is 11.5 Å². The van der Waals surface area contributed by atoms with Gasteiger partial charge in [0.25, 0.3) is 0 Å². The third-order valence-electron chi connectivity index (χ3n) is 4.58. The van der Waals surface area contributed by atoms with E-state index in [9.17, 15) is 14.7 Å². The zero-order chi connectivity index (χ0) is 18.2. The molecule has 1 aromatic carbocycles. The SMILES string of the molecule is CCCOc1cc(CNC(=O)C2CCCCC2C(=O)O)ccc1OC. The van der Waals surface area contributed by atoms with Gasteiger partial charge in [-0.1, -0.05) is 25.8 Å². The Kier molecular flexibility index (Phi) is 7.10. The molecule has 1 aromatic rings. The molecule has 6 heteroatoms. The highest BCUT2D eigenvalue weighted by Gasteiger charge is 2.35. The molecule has 6 nitrogen and oxygen atoms in total. The lowest BCUT2D eigenvalue weighted by Gasteiger charge is -2.27. The number of carboxylic acid groups (broad SMARTS) is 1. The molecule has 0 spiro atoms. The lowest BCUT2D eigenvalue weighted by Crippen LogP contribution is -2.39. The van der Waals surface area contributed by atoms with Crippen LogP contribution >= 0.6 is 0 Å². The molecule has 138 valence electrons. The lowest BCUT2D eigenvalue weighted by molar-refractivity contribution is -0.148. The monoisotopic (exact) mass is 349 g/mol. The predicted molar refractivity (Wildman–Crippen MR) is 93.7 cm³/mol. The second-order valence-electron chi connectivity index (χ2n) is 6.39. The highest BCUT2D eigenvalue weighted by atomic mass is 16.5. The quantitative estimate of drug-likeness (QED) is 0.754. The maximum Gasteiger partial charge on any atom is 0.307 e. The van der Waals surface area contributed by atoms with Crippen molar-refractivity contribution in [2.45, 2.75) is 45.6 Å². The Morgan fingerprint density at radius 2 is 1.92 bits per heavy atom. The Hall–Kier alpha value is -2.24. The molecule has 1 fully saturated rings. The summed E-state index contributed by atoms with van der Waals surface area (Å²) >= 11 is 0. The number of nitrogens with one attached hydrogen (secondary N) is 1. The zero-order valence-corrected chi connectivity index (χ0v) is 14.9. The van der Waals surface area contributed by atoms with Gasteiger partial charge in [0.1, 0.15) is 0 Å². The van der Waals surface area contributed by atoms with Crippen LogP contribution in [0.15, 0.2) is 18.2 Å². The summed E-state index contributed by atoms with van der Waals surface area (Å²) in [6.07, 6.45) is 3.88. The van der Waals surface area contributed by atoms with E-state index in [0.717, 1.165) is 24.8 Å². The van der Waals surface area contributed by atoms with E-state index in [1.165, 1.54) is 0 Å². The van der Waals surface area contributed by atoms with Crippen molar-refractivity contribution in [1.29, 1.82) is 0 Å². The molecule has 1 amide bonds. The van der Waals surface area contributed by atoms with Gasteiger partial charge in [-0.05, 0) is 37.0 Å². The molecule has 0 aromatic heterocycles. The smallest absolute Gasteiger partial charge is 0.307 e. The van der Waals surface area contributed by atoms with E-state index in [1.807, 2.05) is 25.1 Å². The van der Waals surface area contributed by atoms with Crippen molar-refractivity contribution in [1.82, 2.24) is 5.32 Å². The number of rotatable bonds is 8. The summed E-state index contributed by atoms with van der Waals surface area (Å²) < 4.78 is 11.0. The second-order valence-corrected chi connectivity index (χ2v) is 6.39. The fraction of sp³-hybridized carbons (Fsp3) is 0.579. The number of ether oxygens (including phenoxy) is 2. The van der Waals surface area contributed by atoms with Crippen LogP contribution in [0.3, 0.4) is 0 Å². The predicted octanol–water partition coefficient (Wildman–Crippen LogP) is 2.99. The first-order valence-corrected chi connectivity index (χ1v) is 8.87. The normalized spacial score (nSPS) is 19.9. The van der Waals surface area contributed by atoms with Gasteiger partial charge in [-0.25, -0.2) is 0 Å². The molecule has 2 rings (SSSR count). The fourth-order valence-electron chi connectivity index (χ4n) is 3.22. The van der Waals surface area contributed by atoms with Crippen molar-refractivity contribution < 1.29 is 24.2 Å². The Labute approximate surface area is 148 Å². The summed E-state index contributed by atoms with van der Waals surface area (Å²) in [7, 11) is 1.59. The van der Waals surface area contributed by atoms with Gasteiger partial charge in [-0.2, -0.15) is 0 Å². The maximum absolute atomic E-state index is 12.4. The van der Waals surface area contributed by atoms with Gasteiger partial charge >= 0.3 is 5.97 Å². The molecule has 2 atom stereocenters. The molecule has 1 saturated carbocycles. The first kappa shape index (κ1) is 19.1. The highest BCUT2D eigenvalue weighted by molar-refractivity contribution is 5.84. The summed E-state index contributed by atoms with van der Waals surface area (Å²) in [4.78, 5) is 23.8. The Morgan fingerprint density at radius 3 is 2.56 bits per heavy atom. The van der Waals surface area contributed by atoms with Crippen molar-refractivity contribution in [2.24, 2.45) is 11.8 Å². The van der Waals surface area contributed by atoms with Crippen LogP contribution in [0.4, 0.5) is 0 Å². The Morgan fingerprint density at radius 1 is 1.20 bits per heavy atom. The summed E-state index contributed by atoms with van der Waals surface area (Å²) in [6.45, 7) is 2.96. The Balaban J connectivity index is 1.99. The average Bonchev–Trinajstić information content (AvgIpc) is 2.64. The number of hydrogen-bond acceptors (Lipinski definition) is 4. The van der Waals surface area contributed by atoms with Crippen LogP contribution in [0.5, 0.6) is 11.5 Å². The van der Waals surface area contributed by atoms with Crippen LogP contribution < -0.4 is 14.8 Å². The van der Waals surface area contributed by atoms with E-state index in [0.29, 0.717) is 37.5 Å². The third-order valence-corrected chi connectivity index (χ3v) is 4.58. The van der Waals surface area contributed by atoms with E-state index in [2.05, 4.69) is 5.32 Å². The molecule has 0 bridgehead atoms. The average molecular weight is 349 g/mol. The molecule has 0 radical (unpaired) electrons. The van der Waals surface area contributed by atoms with Crippen LogP contribution in [-0.4, -0.2) is 30.7 Å². The van der Waals surface area contributed by atoms with Crippen molar-refractivity contribution >= 4 is 11.9 Å². The first-order valence-electron chi connectivity index (χ1n) is 8.87. The lowest BCUT2D eigenvalue weighted by atomic mass is 9.78. The molecule has 0 aliphatic heterocycles. The van der Waals surface area contributed by atoms with E-state index in [1.54, 1.807) is 7.11 Å². The van der Waals surface area contributed by atoms with Crippen molar-refractivity contribution in [3.8, 4) is 11.5 Å². The van der Waals surface area contributed by atoms with E-state index in [-0.39, 0.29) is 5.91 Å². The number of carboxylic acids is 1. The molecule has 0 heterocycles. The molecular formula is C19H27NO5. The Bertz CT molecular complexity index is 601. The second kappa shape index (κ2) is 9.30. The minimum absolute atomic E-state index is 0.182. The van der Waals surface area contributed by atoms with Gasteiger partial charge in [0.2, 0.25) is 5.91 Å². The van der Waals surface area contributed by atoms with Gasteiger partial charge in [-0.3, -0.25) is 9.59 Å². The van der Waals surface area contributed by atoms with Crippen molar-refractivity contribution in [3.05, 3.63) is 23.8 Å². The summed E-state index contributed by atoms with van der Waals surface area (Å²) in [5, 5.41) is 12.2. The van der Waals surface area contributed by atoms with Crippen LogP contribution in [0, 0.1) is 11.8 Å². The minimum atomic E-state index is -0.875. The molecule has 2 unspecified atom stereocenters. The highest BCUT2D eigenvalue weighted by Crippen LogP contribution is 2.31. The molecular weight excluding hydrogens is 322 g/mol. The summed E-state index contributed by atoms with van der Waals surface area (Å²) in [5.41, 5.74) is 0.892. The van der Waals surface area contributed by atoms with Gasteiger partial charge < -0.3 is 19.9 Å². The topological polar surface area (TPSA) is 84.9 Å². The minimum Gasteiger partial charge on any atom is -0.493 e. The van der Waals surface area contributed by atoms with E-state index < -0.39 is 17.8 Å². The zero-order valence-electron chi connectivity index (χ0n) is 14.9. The number of carbonyl (C=O) groups is 2.